The molecule has 2 aromatic rings. The molecule has 0 unspecified atom stereocenters. The Morgan fingerprint density at radius 2 is 1.74 bits per heavy atom. The minimum atomic E-state index is -0.692. The van der Waals surface area contributed by atoms with E-state index in [1.165, 1.54) is 4.90 Å². The number of carbonyl (C=O) groups excluding carboxylic acids is 2. The van der Waals surface area contributed by atoms with Crippen LogP contribution < -0.4 is 5.32 Å². The molecule has 1 amide bonds. The Hall–Kier alpha value is -3.39. The lowest BCUT2D eigenvalue weighted by atomic mass is 9.84. The second kappa shape index (κ2) is 5.82. The maximum Gasteiger partial charge on any atom is 0.231 e. The number of guanidine groups is 1. The van der Waals surface area contributed by atoms with Crippen molar-refractivity contribution in [2.24, 2.45) is 0 Å². The van der Waals surface area contributed by atoms with Crippen LogP contribution in [0.4, 0.5) is 0 Å². The summed E-state index contributed by atoms with van der Waals surface area (Å²) in [5.74, 6) is 5.89. The SMILES string of the molecule is CC#Cc1ccc2c(c1)-c1cc([C@]3(C)CC(=O)N(C)C(=N)N3)ccc1C2=O. The Morgan fingerprint density at radius 3 is 2.41 bits per heavy atom. The van der Waals surface area contributed by atoms with Crippen molar-refractivity contribution in [2.75, 3.05) is 7.05 Å². The van der Waals surface area contributed by atoms with E-state index in [2.05, 4.69) is 17.2 Å². The molecule has 1 saturated heterocycles. The second-order valence-electron chi connectivity index (χ2n) is 7.16. The number of rotatable bonds is 1. The molecule has 0 aromatic heterocycles. The third-order valence-electron chi connectivity index (χ3n) is 5.33. The first-order valence-corrected chi connectivity index (χ1v) is 8.74. The van der Waals surface area contributed by atoms with Gasteiger partial charge in [0.2, 0.25) is 5.91 Å². The third kappa shape index (κ3) is 2.53. The second-order valence-corrected chi connectivity index (χ2v) is 7.16. The van der Waals surface area contributed by atoms with Crippen LogP contribution in [0.5, 0.6) is 0 Å². The van der Waals surface area contributed by atoms with Crippen molar-refractivity contribution in [1.82, 2.24) is 10.2 Å². The van der Waals surface area contributed by atoms with Crippen LogP contribution in [0.3, 0.4) is 0 Å². The minimum absolute atomic E-state index is 0.00728. The van der Waals surface area contributed by atoms with Gasteiger partial charge in [0.1, 0.15) is 0 Å². The molecule has 1 aliphatic heterocycles. The maximum absolute atomic E-state index is 12.7. The molecule has 0 radical (unpaired) electrons. The molecule has 0 saturated carbocycles. The molecule has 5 heteroatoms. The van der Waals surface area contributed by atoms with Crippen molar-refractivity contribution < 1.29 is 9.59 Å². The standard InChI is InChI=1S/C22H19N3O2/c1-4-5-13-6-8-15-17(10-13)18-11-14(7-9-16(18)20(15)27)22(2)12-19(26)25(3)21(23)24-22/h6-11H,12H2,1-3H3,(H2,23,24)/t22-/m0/s1. The molecule has 2 N–H and O–H groups in total. The third-order valence-corrected chi connectivity index (χ3v) is 5.33. The first-order chi connectivity index (χ1) is 12.8. The zero-order valence-corrected chi connectivity index (χ0v) is 15.4. The summed E-state index contributed by atoms with van der Waals surface area (Å²) in [7, 11) is 1.59. The Labute approximate surface area is 157 Å². The number of nitrogens with one attached hydrogen (secondary N) is 2. The lowest BCUT2D eigenvalue weighted by Crippen LogP contribution is -2.58. The number of hydrogen-bond donors (Lipinski definition) is 2. The van der Waals surface area contributed by atoms with Crippen molar-refractivity contribution in [3.05, 3.63) is 58.7 Å². The van der Waals surface area contributed by atoms with Crippen molar-refractivity contribution in [3.8, 4) is 23.0 Å². The monoisotopic (exact) mass is 357 g/mol. The zero-order chi connectivity index (χ0) is 19.3. The van der Waals surface area contributed by atoms with Crippen LogP contribution >= 0.6 is 0 Å². The van der Waals surface area contributed by atoms with E-state index < -0.39 is 5.54 Å². The molecule has 1 heterocycles. The molecule has 0 spiro atoms. The van der Waals surface area contributed by atoms with Crippen molar-refractivity contribution in [2.45, 2.75) is 25.8 Å². The van der Waals surface area contributed by atoms with Gasteiger partial charge >= 0.3 is 0 Å². The number of benzene rings is 2. The highest BCUT2D eigenvalue weighted by atomic mass is 16.2. The number of hydrogen-bond acceptors (Lipinski definition) is 3. The molecule has 134 valence electrons. The van der Waals surface area contributed by atoms with Gasteiger partial charge in [-0.15, -0.1) is 5.92 Å². The normalized spacial score (nSPS) is 20.6. The Bertz CT molecular complexity index is 1070. The van der Waals surface area contributed by atoms with Crippen molar-refractivity contribution in [1.29, 1.82) is 5.41 Å². The fourth-order valence-corrected chi connectivity index (χ4v) is 3.75. The number of carbonyl (C=O) groups is 2. The first-order valence-electron chi connectivity index (χ1n) is 8.74. The summed E-state index contributed by atoms with van der Waals surface area (Å²) in [6, 6.07) is 11.3. The first kappa shape index (κ1) is 17.0. The molecule has 27 heavy (non-hydrogen) atoms. The van der Waals surface area contributed by atoms with Crippen molar-refractivity contribution >= 4 is 17.6 Å². The molecular formula is C22H19N3O2. The van der Waals surface area contributed by atoms with Gasteiger partial charge in [-0.25, -0.2) is 0 Å². The Balaban J connectivity index is 1.83. The van der Waals surface area contributed by atoms with Crippen LogP contribution in [0.25, 0.3) is 11.1 Å². The summed E-state index contributed by atoms with van der Waals surface area (Å²) in [4.78, 5) is 26.3. The van der Waals surface area contributed by atoms with Gasteiger partial charge in [-0.05, 0) is 54.8 Å². The quantitative estimate of drug-likeness (QED) is 0.658. The average molecular weight is 357 g/mol. The minimum Gasteiger partial charge on any atom is -0.346 e. The number of nitrogens with zero attached hydrogens (tertiary/aromatic N) is 1. The fraction of sp³-hybridized carbons (Fsp3) is 0.227. The summed E-state index contributed by atoms with van der Waals surface area (Å²) in [5.41, 5.74) is 4.11. The van der Waals surface area contributed by atoms with Crippen LogP contribution in [0.2, 0.25) is 0 Å². The van der Waals surface area contributed by atoms with Crippen LogP contribution in [0.1, 0.15) is 47.3 Å². The van der Waals surface area contributed by atoms with E-state index in [1.54, 1.807) is 14.0 Å². The summed E-state index contributed by atoms with van der Waals surface area (Å²) >= 11 is 0. The van der Waals surface area contributed by atoms with Gasteiger partial charge in [-0.3, -0.25) is 19.9 Å². The van der Waals surface area contributed by atoms with Gasteiger partial charge < -0.3 is 5.32 Å². The lowest BCUT2D eigenvalue weighted by Gasteiger charge is -2.39. The molecule has 1 fully saturated rings. The van der Waals surface area contributed by atoms with Crippen LogP contribution in [-0.4, -0.2) is 29.6 Å². The highest BCUT2D eigenvalue weighted by Gasteiger charge is 2.39. The molecule has 1 aliphatic carbocycles. The van der Waals surface area contributed by atoms with Gasteiger partial charge in [-0.2, -0.15) is 0 Å². The summed E-state index contributed by atoms with van der Waals surface area (Å²) < 4.78 is 0. The van der Waals surface area contributed by atoms with Gasteiger partial charge in [0.05, 0.1) is 12.0 Å². The molecule has 0 bridgehead atoms. The van der Waals surface area contributed by atoms with Crippen molar-refractivity contribution in [3.63, 3.8) is 0 Å². The van der Waals surface area contributed by atoms with E-state index in [0.29, 0.717) is 11.1 Å². The number of fused-ring (bicyclic) bond motifs is 3. The summed E-state index contributed by atoms with van der Waals surface area (Å²) in [6.45, 7) is 3.69. The summed E-state index contributed by atoms with van der Waals surface area (Å²) in [6.07, 6.45) is 0.243. The fourth-order valence-electron chi connectivity index (χ4n) is 3.75. The Kier molecular flexibility index (Phi) is 3.67. The topological polar surface area (TPSA) is 73.3 Å². The molecule has 1 atom stereocenters. The van der Waals surface area contributed by atoms with E-state index in [-0.39, 0.29) is 24.1 Å². The molecule has 2 aromatic carbocycles. The van der Waals surface area contributed by atoms with Gasteiger partial charge in [0, 0.05) is 23.7 Å². The number of ketones is 1. The average Bonchev–Trinajstić information content (AvgIpc) is 2.92. The zero-order valence-electron chi connectivity index (χ0n) is 15.4. The molecule has 2 aliphatic rings. The van der Waals surface area contributed by atoms with E-state index in [0.717, 1.165) is 22.3 Å². The largest absolute Gasteiger partial charge is 0.346 e. The van der Waals surface area contributed by atoms with Crippen LogP contribution in [0.15, 0.2) is 36.4 Å². The number of amides is 1. The van der Waals surface area contributed by atoms with Crippen LogP contribution in [0, 0.1) is 17.3 Å². The molecule has 4 rings (SSSR count). The highest BCUT2D eigenvalue weighted by Crippen LogP contribution is 2.40. The van der Waals surface area contributed by atoms with E-state index in [9.17, 15) is 9.59 Å². The van der Waals surface area contributed by atoms with E-state index in [1.807, 2.05) is 43.3 Å². The predicted molar refractivity (Wildman–Crippen MR) is 103 cm³/mol. The molecule has 5 nitrogen and oxygen atoms in total. The van der Waals surface area contributed by atoms with Gasteiger partial charge in [0.15, 0.2) is 11.7 Å². The predicted octanol–water partition coefficient (Wildman–Crippen LogP) is 2.87. The van der Waals surface area contributed by atoms with Crippen LogP contribution in [-0.2, 0) is 10.3 Å². The lowest BCUT2D eigenvalue weighted by molar-refractivity contribution is -0.129. The Morgan fingerprint density at radius 1 is 1.07 bits per heavy atom. The molecular weight excluding hydrogens is 338 g/mol. The van der Waals surface area contributed by atoms with Gasteiger partial charge in [0.25, 0.3) is 0 Å². The highest BCUT2D eigenvalue weighted by molar-refractivity contribution is 6.21. The van der Waals surface area contributed by atoms with Gasteiger partial charge in [-0.1, -0.05) is 18.1 Å². The van der Waals surface area contributed by atoms with E-state index >= 15 is 0 Å². The smallest absolute Gasteiger partial charge is 0.231 e. The maximum atomic E-state index is 12.7. The summed E-state index contributed by atoms with van der Waals surface area (Å²) in [5, 5.41) is 11.2. The van der Waals surface area contributed by atoms with E-state index in [4.69, 9.17) is 5.41 Å².